The van der Waals surface area contributed by atoms with E-state index in [0.29, 0.717) is 18.9 Å². The Morgan fingerprint density at radius 1 is 1.28 bits per heavy atom. The fourth-order valence-corrected chi connectivity index (χ4v) is 3.40. The van der Waals surface area contributed by atoms with Gasteiger partial charge < -0.3 is 14.0 Å². The minimum Gasteiger partial charge on any atom is -0.353 e. The first-order chi connectivity index (χ1) is 12.2. The molecule has 0 bridgehead atoms. The number of anilines is 1. The minimum atomic E-state index is -0.276. The van der Waals surface area contributed by atoms with Crippen LogP contribution in [-0.4, -0.2) is 42.4 Å². The highest BCUT2D eigenvalue weighted by Gasteiger charge is 2.27. The molecule has 25 heavy (non-hydrogen) atoms. The third-order valence-corrected chi connectivity index (χ3v) is 4.71. The first-order valence-electron chi connectivity index (χ1n) is 8.41. The Kier molecular flexibility index (Phi) is 4.17. The van der Waals surface area contributed by atoms with Gasteiger partial charge in [-0.15, -0.1) is 10.2 Å². The van der Waals surface area contributed by atoms with Gasteiger partial charge in [-0.3, -0.25) is 0 Å². The van der Waals surface area contributed by atoms with Gasteiger partial charge in [0, 0.05) is 44.6 Å². The lowest BCUT2D eigenvalue weighted by atomic mass is 9.97. The smallest absolute Gasteiger partial charge is 0.165 e. The van der Waals surface area contributed by atoms with E-state index >= 15 is 0 Å². The molecule has 0 aromatic carbocycles. The van der Waals surface area contributed by atoms with Crippen LogP contribution in [0, 0.1) is 5.82 Å². The third kappa shape index (κ3) is 3.11. The number of pyridine rings is 1. The molecule has 0 amide bonds. The van der Waals surface area contributed by atoms with E-state index in [1.807, 2.05) is 27.3 Å². The number of piperidine rings is 1. The van der Waals surface area contributed by atoms with Crippen molar-refractivity contribution in [2.24, 2.45) is 7.05 Å². The van der Waals surface area contributed by atoms with Crippen LogP contribution < -0.4 is 4.90 Å². The van der Waals surface area contributed by atoms with Crippen molar-refractivity contribution in [3.05, 3.63) is 54.5 Å². The van der Waals surface area contributed by atoms with Crippen molar-refractivity contribution in [3.63, 3.8) is 0 Å². The Labute approximate surface area is 145 Å². The fraction of sp³-hybridized carbons (Fsp3) is 0.412. The van der Waals surface area contributed by atoms with Gasteiger partial charge in [-0.05, 0) is 25.0 Å². The second kappa shape index (κ2) is 6.62. The lowest BCUT2D eigenvalue weighted by Crippen LogP contribution is -2.36. The largest absolute Gasteiger partial charge is 0.353 e. The molecule has 4 heterocycles. The zero-order chi connectivity index (χ0) is 17.2. The van der Waals surface area contributed by atoms with Crippen molar-refractivity contribution >= 4 is 5.82 Å². The second-order valence-electron chi connectivity index (χ2n) is 6.36. The number of nitrogens with zero attached hydrogens (tertiary/aromatic N) is 7. The van der Waals surface area contributed by atoms with Gasteiger partial charge in [0.05, 0.1) is 12.9 Å². The van der Waals surface area contributed by atoms with Crippen LogP contribution in [0.4, 0.5) is 10.2 Å². The first-order valence-corrected chi connectivity index (χ1v) is 8.41. The molecule has 0 radical (unpaired) electrons. The molecule has 1 aliphatic heterocycles. The van der Waals surface area contributed by atoms with Crippen molar-refractivity contribution in [2.45, 2.75) is 25.3 Å². The summed E-state index contributed by atoms with van der Waals surface area (Å²) < 4.78 is 18.1. The normalized spacial score (nSPS) is 17.8. The van der Waals surface area contributed by atoms with E-state index < -0.39 is 0 Å². The molecule has 8 heteroatoms. The number of aromatic nitrogens is 6. The Balaban J connectivity index is 1.54. The summed E-state index contributed by atoms with van der Waals surface area (Å²) in [7, 11) is 1.99. The van der Waals surface area contributed by atoms with Crippen LogP contribution in [0.15, 0.2) is 37.1 Å². The monoisotopic (exact) mass is 341 g/mol. The van der Waals surface area contributed by atoms with E-state index in [1.165, 1.54) is 6.07 Å². The molecule has 3 aromatic heterocycles. The van der Waals surface area contributed by atoms with Crippen molar-refractivity contribution < 1.29 is 4.39 Å². The van der Waals surface area contributed by atoms with Gasteiger partial charge in [0.15, 0.2) is 17.5 Å². The Hall–Kier alpha value is -2.77. The molecule has 0 spiro atoms. The SMILES string of the molecule is Cn1c(Cn2ccnc2)nnc1C1CCCN(c2ncccc2F)C1. The van der Waals surface area contributed by atoms with Gasteiger partial charge in [0.2, 0.25) is 0 Å². The van der Waals surface area contributed by atoms with Crippen LogP contribution in [0.1, 0.15) is 30.4 Å². The predicted molar refractivity (Wildman–Crippen MR) is 90.7 cm³/mol. The maximum atomic E-state index is 14.1. The highest BCUT2D eigenvalue weighted by Crippen LogP contribution is 2.29. The predicted octanol–water partition coefficient (Wildman–Crippen LogP) is 1.98. The summed E-state index contributed by atoms with van der Waals surface area (Å²) in [6.07, 6.45) is 9.04. The van der Waals surface area contributed by atoms with E-state index in [1.54, 1.807) is 24.8 Å². The fourth-order valence-electron chi connectivity index (χ4n) is 3.40. The molecular weight excluding hydrogens is 321 g/mol. The Morgan fingerprint density at radius 3 is 3.00 bits per heavy atom. The standard InChI is InChI=1S/C17H20FN7/c1-23-15(11-24-9-7-19-12-24)21-22-16(23)13-4-3-8-25(10-13)17-14(18)5-2-6-20-17/h2,5-7,9,12-13H,3-4,8,10-11H2,1H3. The summed E-state index contributed by atoms with van der Waals surface area (Å²) in [4.78, 5) is 10.3. The molecular formula is C17H20FN7. The molecule has 4 rings (SSSR count). The molecule has 0 saturated carbocycles. The van der Waals surface area contributed by atoms with Gasteiger partial charge in [-0.25, -0.2) is 14.4 Å². The second-order valence-corrected chi connectivity index (χ2v) is 6.36. The molecule has 3 aromatic rings. The lowest BCUT2D eigenvalue weighted by molar-refractivity contribution is 0.469. The zero-order valence-corrected chi connectivity index (χ0v) is 14.1. The maximum absolute atomic E-state index is 14.1. The summed E-state index contributed by atoms with van der Waals surface area (Å²) in [5, 5.41) is 8.75. The average Bonchev–Trinajstić information content (AvgIpc) is 3.27. The van der Waals surface area contributed by atoms with Crippen LogP contribution >= 0.6 is 0 Å². The quantitative estimate of drug-likeness (QED) is 0.726. The molecule has 0 N–H and O–H groups in total. The number of hydrogen-bond acceptors (Lipinski definition) is 5. The van der Waals surface area contributed by atoms with E-state index in [2.05, 4.69) is 20.2 Å². The van der Waals surface area contributed by atoms with Gasteiger partial charge in [0.25, 0.3) is 0 Å². The molecule has 130 valence electrons. The minimum absolute atomic E-state index is 0.212. The van der Waals surface area contributed by atoms with Crippen molar-refractivity contribution in [2.75, 3.05) is 18.0 Å². The Morgan fingerprint density at radius 2 is 2.20 bits per heavy atom. The highest BCUT2D eigenvalue weighted by molar-refractivity contribution is 5.40. The van der Waals surface area contributed by atoms with Crippen LogP contribution in [0.2, 0.25) is 0 Å². The van der Waals surface area contributed by atoms with Crippen LogP contribution in [0.3, 0.4) is 0 Å². The number of hydrogen-bond donors (Lipinski definition) is 0. The summed E-state index contributed by atoms with van der Waals surface area (Å²) in [6, 6.07) is 3.07. The van der Waals surface area contributed by atoms with Gasteiger partial charge in [0.1, 0.15) is 5.82 Å². The van der Waals surface area contributed by atoms with E-state index in [-0.39, 0.29) is 11.7 Å². The molecule has 1 unspecified atom stereocenters. The topological polar surface area (TPSA) is 64.7 Å². The van der Waals surface area contributed by atoms with Crippen molar-refractivity contribution in [3.8, 4) is 0 Å². The molecule has 1 fully saturated rings. The number of rotatable bonds is 4. The molecule has 1 saturated heterocycles. The summed E-state index contributed by atoms with van der Waals surface area (Å²) >= 11 is 0. The van der Waals surface area contributed by atoms with Crippen molar-refractivity contribution in [1.82, 2.24) is 29.3 Å². The van der Waals surface area contributed by atoms with E-state index in [4.69, 9.17) is 0 Å². The zero-order valence-electron chi connectivity index (χ0n) is 14.1. The van der Waals surface area contributed by atoms with Crippen LogP contribution in [0.5, 0.6) is 0 Å². The van der Waals surface area contributed by atoms with Crippen molar-refractivity contribution in [1.29, 1.82) is 0 Å². The molecule has 0 aliphatic carbocycles. The molecule has 7 nitrogen and oxygen atoms in total. The summed E-state index contributed by atoms with van der Waals surface area (Å²) in [5.41, 5.74) is 0. The highest BCUT2D eigenvalue weighted by atomic mass is 19.1. The summed E-state index contributed by atoms with van der Waals surface area (Å²) in [5.74, 6) is 2.18. The van der Waals surface area contributed by atoms with Crippen LogP contribution in [-0.2, 0) is 13.6 Å². The number of halogens is 1. The van der Waals surface area contributed by atoms with Gasteiger partial charge in [-0.1, -0.05) is 0 Å². The van der Waals surface area contributed by atoms with E-state index in [9.17, 15) is 4.39 Å². The van der Waals surface area contributed by atoms with E-state index in [0.717, 1.165) is 31.0 Å². The third-order valence-electron chi connectivity index (χ3n) is 4.71. The maximum Gasteiger partial charge on any atom is 0.165 e. The van der Waals surface area contributed by atoms with Crippen LogP contribution in [0.25, 0.3) is 0 Å². The summed E-state index contributed by atoms with van der Waals surface area (Å²) in [6.45, 7) is 2.14. The number of imidazole rings is 1. The molecule has 1 atom stereocenters. The Bertz CT molecular complexity index is 843. The first kappa shape index (κ1) is 15.7. The average molecular weight is 341 g/mol. The lowest BCUT2D eigenvalue weighted by Gasteiger charge is -2.33. The van der Waals surface area contributed by atoms with Gasteiger partial charge >= 0.3 is 0 Å². The van der Waals surface area contributed by atoms with Gasteiger partial charge in [-0.2, -0.15) is 0 Å². The molecule has 1 aliphatic rings.